The molecule has 1 unspecified atom stereocenters. The first-order valence-electron chi connectivity index (χ1n) is 8.59. The summed E-state index contributed by atoms with van der Waals surface area (Å²) in [5.41, 5.74) is 7.98. The van der Waals surface area contributed by atoms with Crippen molar-refractivity contribution < 1.29 is 9.59 Å². The minimum atomic E-state index is -0.501. The maximum atomic E-state index is 12.9. The lowest BCUT2D eigenvalue weighted by Crippen LogP contribution is -2.49. The van der Waals surface area contributed by atoms with Gasteiger partial charge in [-0.15, -0.1) is 11.3 Å². The number of nitrogens with two attached hydrogens (primary N) is 1. The van der Waals surface area contributed by atoms with Gasteiger partial charge < -0.3 is 16.0 Å². The summed E-state index contributed by atoms with van der Waals surface area (Å²) in [5, 5.41) is 4.97. The van der Waals surface area contributed by atoms with E-state index >= 15 is 0 Å². The zero-order chi connectivity index (χ0) is 17.8. The average molecular weight is 357 g/mol. The number of nitrogens with one attached hydrogen (secondary N) is 1. The topological polar surface area (TPSA) is 75.4 Å². The smallest absolute Gasteiger partial charge is 0.252 e. The van der Waals surface area contributed by atoms with Gasteiger partial charge in [0.15, 0.2) is 0 Å². The van der Waals surface area contributed by atoms with Crippen LogP contribution in [0.3, 0.4) is 0 Å². The van der Waals surface area contributed by atoms with E-state index in [9.17, 15) is 9.59 Å². The van der Waals surface area contributed by atoms with Crippen molar-refractivity contribution in [3.63, 3.8) is 0 Å². The van der Waals surface area contributed by atoms with Crippen molar-refractivity contribution in [1.82, 2.24) is 10.2 Å². The van der Waals surface area contributed by atoms with Crippen LogP contribution in [0, 0.1) is 0 Å². The molecule has 2 amide bonds. The molecule has 1 aliphatic heterocycles. The first kappa shape index (κ1) is 17.5. The number of nitrogens with zero attached hydrogens (tertiary/aromatic N) is 1. The largest absolute Gasteiger partial charge is 0.399 e. The lowest BCUT2D eigenvalue weighted by molar-refractivity contribution is -0.134. The van der Waals surface area contributed by atoms with Crippen LogP contribution in [0.25, 0.3) is 0 Å². The molecule has 1 aliphatic rings. The lowest BCUT2D eigenvalue weighted by Gasteiger charge is -2.31. The summed E-state index contributed by atoms with van der Waals surface area (Å²) in [4.78, 5) is 28.7. The standard InChI is InChI=1S/C19H23N3O2S/c1-2-4-16(21-18(23)13-5-3-6-15(20)11-13)19(24)22-9-7-17-14(12-22)8-10-25-17/h3,5-6,8,10-11,16H,2,4,7,9,12,20H2,1H3,(H,21,23). The van der Waals surface area contributed by atoms with Crippen molar-refractivity contribution in [3.8, 4) is 0 Å². The third-order valence-electron chi connectivity index (χ3n) is 4.45. The molecular formula is C19H23N3O2S. The Balaban J connectivity index is 1.70. The van der Waals surface area contributed by atoms with E-state index in [0.717, 1.165) is 12.8 Å². The molecule has 0 aliphatic carbocycles. The molecule has 1 atom stereocenters. The molecule has 2 aromatic rings. The first-order valence-corrected chi connectivity index (χ1v) is 9.47. The van der Waals surface area contributed by atoms with E-state index in [1.165, 1.54) is 10.4 Å². The molecule has 2 heterocycles. The van der Waals surface area contributed by atoms with Crippen LogP contribution in [0.4, 0.5) is 5.69 Å². The van der Waals surface area contributed by atoms with Gasteiger partial charge in [0.1, 0.15) is 6.04 Å². The maximum Gasteiger partial charge on any atom is 0.252 e. The van der Waals surface area contributed by atoms with Crippen molar-refractivity contribution >= 4 is 28.8 Å². The highest BCUT2D eigenvalue weighted by atomic mass is 32.1. The maximum absolute atomic E-state index is 12.9. The van der Waals surface area contributed by atoms with Gasteiger partial charge in [-0.25, -0.2) is 0 Å². The van der Waals surface area contributed by atoms with Crippen molar-refractivity contribution in [3.05, 3.63) is 51.7 Å². The number of hydrogen-bond acceptors (Lipinski definition) is 4. The number of amides is 2. The van der Waals surface area contributed by atoms with Crippen LogP contribution in [0.1, 0.15) is 40.6 Å². The lowest BCUT2D eigenvalue weighted by atomic mass is 10.1. The van der Waals surface area contributed by atoms with E-state index in [1.54, 1.807) is 35.6 Å². The number of nitrogen functional groups attached to an aromatic ring is 1. The Hall–Kier alpha value is -2.34. The molecule has 6 heteroatoms. The Labute approximate surface area is 151 Å². The molecule has 132 valence electrons. The number of carbonyl (C=O) groups is 2. The molecule has 0 saturated heterocycles. The van der Waals surface area contributed by atoms with Gasteiger partial charge in [0.2, 0.25) is 5.91 Å². The van der Waals surface area contributed by atoms with E-state index in [0.29, 0.717) is 30.8 Å². The van der Waals surface area contributed by atoms with Crippen molar-refractivity contribution in [1.29, 1.82) is 0 Å². The number of fused-ring (bicyclic) bond motifs is 1. The second kappa shape index (κ2) is 7.70. The molecule has 3 N–H and O–H groups in total. The molecule has 25 heavy (non-hydrogen) atoms. The van der Waals surface area contributed by atoms with Crippen LogP contribution >= 0.6 is 11.3 Å². The second-order valence-corrected chi connectivity index (χ2v) is 7.32. The van der Waals surface area contributed by atoms with Crippen molar-refractivity contribution in [2.45, 2.75) is 38.8 Å². The van der Waals surface area contributed by atoms with Crippen LogP contribution in [-0.2, 0) is 17.8 Å². The molecule has 0 bridgehead atoms. The monoisotopic (exact) mass is 357 g/mol. The molecule has 1 aromatic heterocycles. The van der Waals surface area contributed by atoms with E-state index in [-0.39, 0.29) is 11.8 Å². The number of benzene rings is 1. The highest BCUT2D eigenvalue weighted by Gasteiger charge is 2.28. The summed E-state index contributed by atoms with van der Waals surface area (Å²) < 4.78 is 0. The van der Waals surface area contributed by atoms with Crippen LogP contribution in [0.2, 0.25) is 0 Å². The minimum Gasteiger partial charge on any atom is -0.399 e. The first-order chi connectivity index (χ1) is 12.1. The summed E-state index contributed by atoms with van der Waals surface area (Å²) in [6.45, 7) is 3.35. The Bertz CT molecular complexity index is 772. The summed E-state index contributed by atoms with van der Waals surface area (Å²) in [7, 11) is 0. The molecule has 0 saturated carbocycles. The van der Waals surface area contributed by atoms with E-state index in [4.69, 9.17) is 5.73 Å². The van der Waals surface area contributed by atoms with E-state index < -0.39 is 6.04 Å². The van der Waals surface area contributed by atoms with Gasteiger partial charge in [-0.3, -0.25) is 9.59 Å². The van der Waals surface area contributed by atoms with Gasteiger partial charge in [-0.1, -0.05) is 19.4 Å². The fraction of sp³-hybridized carbons (Fsp3) is 0.368. The zero-order valence-electron chi connectivity index (χ0n) is 14.3. The molecule has 1 aromatic carbocycles. The number of thiophene rings is 1. The predicted octanol–water partition coefficient (Wildman–Crippen LogP) is 2.81. The Morgan fingerprint density at radius 1 is 1.36 bits per heavy atom. The second-order valence-electron chi connectivity index (χ2n) is 6.32. The summed E-state index contributed by atoms with van der Waals surface area (Å²) in [5.74, 6) is -0.261. The van der Waals surface area contributed by atoms with Crippen molar-refractivity contribution in [2.24, 2.45) is 0 Å². The average Bonchev–Trinajstić information content (AvgIpc) is 3.08. The Morgan fingerprint density at radius 2 is 2.20 bits per heavy atom. The Morgan fingerprint density at radius 3 is 2.96 bits per heavy atom. The highest BCUT2D eigenvalue weighted by Crippen LogP contribution is 2.24. The van der Waals surface area contributed by atoms with Crippen molar-refractivity contribution in [2.75, 3.05) is 12.3 Å². The minimum absolute atomic E-state index is 0.00375. The summed E-state index contributed by atoms with van der Waals surface area (Å²) >= 11 is 1.75. The third-order valence-corrected chi connectivity index (χ3v) is 5.47. The van der Waals surface area contributed by atoms with E-state index in [1.807, 2.05) is 11.8 Å². The molecule has 0 fully saturated rings. The van der Waals surface area contributed by atoms with E-state index in [2.05, 4.69) is 16.8 Å². The molecule has 3 rings (SSSR count). The normalized spacial score (nSPS) is 14.7. The van der Waals surface area contributed by atoms with Gasteiger partial charge in [-0.05, 0) is 48.1 Å². The number of anilines is 1. The SMILES string of the molecule is CCCC(NC(=O)c1cccc(N)c1)C(=O)N1CCc2sccc2C1. The van der Waals surface area contributed by atoms with Gasteiger partial charge >= 0.3 is 0 Å². The van der Waals surface area contributed by atoms with Gasteiger partial charge in [0.05, 0.1) is 0 Å². The number of rotatable bonds is 5. The van der Waals surface area contributed by atoms with Crippen LogP contribution in [0.5, 0.6) is 0 Å². The fourth-order valence-corrected chi connectivity index (χ4v) is 4.01. The fourth-order valence-electron chi connectivity index (χ4n) is 3.12. The van der Waals surface area contributed by atoms with Gasteiger partial charge in [0.25, 0.3) is 5.91 Å². The molecule has 0 spiro atoms. The number of carbonyl (C=O) groups excluding carboxylic acids is 2. The molecule has 0 radical (unpaired) electrons. The predicted molar refractivity (Wildman–Crippen MR) is 100 cm³/mol. The molecule has 5 nitrogen and oxygen atoms in total. The highest BCUT2D eigenvalue weighted by molar-refractivity contribution is 7.10. The quantitative estimate of drug-likeness (QED) is 0.808. The summed E-state index contributed by atoms with van der Waals surface area (Å²) in [6, 6.07) is 8.39. The Kier molecular flexibility index (Phi) is 5.38. The molecular weight excluding hydrogens is 334 g/mol. The van der Waals surface area contributed by atoms with Gasteiger partial charge in [0, 0.05) is 29.2 Å². The van der Waals surface area contributed by atoms with Crippen LogP contribution < -0.4 is 11.1 Å². The van der Waals surface area contributed by atoms with Crippen LogP contribution in [-0.4, -0.2) is 29.3 Å². The van der Waals surface area contributed by atoms with Gasteiger partial charge in [-0.2, -0.15) is 0 Å². The number of hydrogen-bond donors (Lipinski definition) is 2. The van der Waals surface area contributed by atoms with Crippen LogP contribution in [0.15, 0.2) is 35.7 Å². The third kappa shape index (κ3) is 4.02. The zero-order valence-corrected chi connectivity index (χ0v) is 15.1. The summed E-state index contributed by atoms with van der Waals surface area (Å²) in [6.07, 6.45) is 2.34.